The van der Waals surface area contributed by atoms with E-state index < -0.39 is 11.6 Å². The molecule has 0 saturated carbocycles. The molecule has 3 saturated heterocycles. The summed E-state index contributed by atoms with van der Waals surface area (Å²) in [6.45, 7) is 6.32. The van der Waals surface area contributed by atoms with E-state index in [1.807, 2.05) is 7.05 Å². The Bertz CT molecular complexity index is 711. The van der Waals surface area contributed by atoms with Crippen LogP contribution in [0, 0.1) is 23.0 Å². The van der Waals surface area contributed by atoms with Gasteiger partial charge in [-0.1, -0.05) is 0 Å². The number of benzene rings is 1. The fraction of sp³-hybridized carbons (Fsp3) is 0.650. The second kappa shape index (κ2) is 9.11. The lowest BCUT2D eigenvalue weighted by atomic mass is 9.87. The zero-order valence-electron chi connectivity index (χ0n) is 16.3. The number of nitrogens with zero attached hydrogens (tertiary/aromatic N) is 3. The van der Waals surface area contributed by atoms with Crippen molar-refractivity contribution in [3.63, 3.8) is 0 Å². The molecule has 28 heavy (non-hydrogen) atoms. The Balaban J connectivity index is 0.00000225. The average Bonchev–Trinajstić information content (AvgIpc) is 3.41. The SMILES string of the molecule is CN=C(NCC1CCN(c2ccc(F)c(F)c2)C1)N1CCC2(CCOC2)C1.I. The minimum atomic E-state index is -0.795. The van der Waals surface area contributed by atoms with Crippen LogP contribution in [0.5, 0.6) is 0 Å². The van der Waals surface area contributed by atoms with Crippen molar-refractivity contribution in [2.24, 2.45) is 16.3 Å². The van der Waals surface area contributed by atoms with Crippen LogP contribution >= 0.6 is 24.0 Å². The molecule has 5 nitrogen and oxygen atoms in total. The molecule has 3 aliphatic rings. The van der Waals surface area contributed by atoms with Crippen LogP contribution in [0.2, 0.25) is 0 Å². The predicted molar refractivity (Wildman–Crippen MR) is 118 cm³/mol. The minimum Gasteiger partial charge on any atom is -0.381 e. The number of guanidine groups is 1. The first kappa shape index (κ1) is 21.5. The van der Waals surface area contributed by atoms with Gasteiger partial charge in [-0.25, -0.2) is 8.78 Å². The van der Waals surface area contributed by atoms with Gasteiger partial charge in [-0.05, 0) is 37.3 Å². The van der Waals surface area contributed by atoms with E-state index in [1.165, 1.54) is 18.6 Å². The van der Waals surface area contributed by atoms with Crippen molar-refractivity contribution in [1.29, 1.82) is 0 Å². The van der Waals surface area contributed by atoms with Crippen molar-refractivity contribution in [3.8, 4) is 0 Å². The topological polar surface area (TPSA) is 40.1 Å². The van der Waals surface area contributed by atoms with Crippen LogP contribution in [0.4, 0.5) is 14.5 Å². The van der Waals surface area contributed by atoms with Gasteiger partial charge in [-0.2, -0.15) is 0 Å². The first-order valence-electron chi connectivity index (χ1n) is 9.82. The molecule has 4 rings (SSSR count). The number of hydrogen-bond acceptors (Lipinski definition) is 3. The highest BCUT2D eigenvalue weighted by Gasteiger charge is 2.42. The van der Waals surface area contributed by atoms with Gasteiger partial charge < -0.3 is 19.9 Å². The summed E-state index contributed by atoms with van der Waals surface area (Å²) < 4.78 is 32.2. The third-order valence-electron chi connectivity index (χ3n) is 6.24. The number of halogens is 3. The van der Waals surface area contributed by atoms with Gasteiger partial charge in [0.1, 0.15) is 0 Å². The maximum Gasteiger partial charge on any atom is 0.193 e. The van der Waals surface area contributed by atoms with Crippen LogP contribution in [0.25, 0.3) is 0 Å². The lowest BCUT2D eigenvalue weighted by Gasteiger charge is -2.26. The molecule has 0 aromatic heterocycles. The summed E-state index contributed by atoms with van der Waals surface area (Å²) in [5, 5.41) is 3.53. The summed E-state index contributed by atoms with van der Waals surface area (Å²) in [6, 6.07) is 4.14. The highest BCUT2D eigenvalue weighted by atomic mass is 127. The first-order valence-corrected chi connectivity index (χ1v) is 9.82. The number of aliphatic imine (C=N–C) groups is 1. The van der Waals surface area contributed by atoms with Gasteiger partial charge in [0.2, 0.25) is 0 Å². The normalized spacial score (nSPS) is 27.5. The van der Waals surface area contributed by atoms with E-state index in [0.29, 0.717) is 11.3 Å². The Morgan fingerprint density at radius 1 is 1.29 bits per heavy atom. The molecule has 0 radical (unpaired) electrons. The number of ether oxygens (including phenoxy) is 1. The molecule has 0 aliphatic carbocycles. The molecular weight excluding hydrogens is 477 g/mol. The van der Waals surface area contributed by atoms with Crippen LogP contribution in [0.1, 0.15) is 19.3 Å². The van der Waals surface area contributed by atoms with Crippen LogP contribution in [0.15, 0.2) is 23.2 Å². The van der Waals surface area contributed by atoms with Crippen molar-refractivity contribution >= 4 is 35.6 Å². The van der Waals surface area contributed by atoms with E-state index in [4.69, 9.17) is 4.74 Å². The van der Waals surface area contributed by atoms with E-state index in [9.17, 15) is 8.78 Å². The highest BCUT2D eigenvalue weighted by Crippen LogP contribution is 2.38. The van der Waals surface area contributed by atoms with Gasteiger partial charge in [0.25, 0.3) is 0 Å². The zero-order chi connectivity index (χ0) is 18.9. The Kier molecular flexibility index (Phi) is 7.01. The van der Waals surface area contributed by atoms with Crippen molar-refractivity contribution in [3.05, 3.63) is 29.8 Å². The lowest BCUT2D eigenvalue weighted by molar-refractivity contribution is 0.156. The summed E-state index contributed by atoms with van der Waals surface area (Å²) in [6.07, 6.45) is 3.34. The lowest BCUT2D eigenvalue weighted by Crippen LogP contribution is -2.43. The maximum atomic E-state index is 13.5. The number of hydrogen-bond donors (Lipinski definition) is 1. The van der Waals surface area contributed by atoms with Gasteiger partial charge in [0, 0.05) is 63.5 Å². The van der Waals surface area contributed by atoms with Crippen LogP contribution < -0.4 is 10.2 Å². The van der Waals surface area contributed by atoms with E-state index in [1.54, 1.807) is 6.07 Å². The van der Waals surface area contributed by atoms with Gasteiger partial charge in [-0.3, -0.25) is 4.99 Å². The van der Waals surface area contributed by atoms with Crippen molar-refractivity contribution < 1.29 is 13.5 Å². The molecule has 0 bridgehead atoms. The summed E-state index contributed by atoms with van der Waals surface area (Å²) in [5.41, 5.74) is 1.07. The molecule has 2 atom stereocenters. The average molecular weight is 506 g/mol. The van der Waals surface area contributed by atoms with Gasteiger partial charge in [0.15, 0.2) is 17.6 Å². The fourth-order valence-corrected chi connectivity index (χ4v) is 4.57. The smallest absolute Gasteiger partial charge is 0.193 e. The van der Waals surface area contributed by atoms with E-state index in [-0.39, 0.29) is 24.0 Å². The third-order valence-corrected chi connectivity index (χ3v) is 6.24. The Morgan fingerprint density at radius 3 is 2.86 bits per heavy atom. The molecule has 3 heterocycles. The Hall–Kier alpha value is -1.16. The molecule has 3 aliphatic heterocycles. The Labute approximate surface area is 182 Å². The maximum absolute atomic E-state index is 13.5. The molecule has 0 amide bonds. The fourth-order valence-electron chi connectivity index (χ4n) is 4.57. The predicted octanol–water partition coefficient (Wildman–Crippen LogP) is 3.10. The van der Waals surface area contributed by atoms with E-state index in [0.717, 1.165) is 70.4 Å². The second-order valence-electron chi connectivity index (χ2n) is 8.10. The van der Waals surface area contributed by atoms with Crippen molar-refractivity contribution in [2.75, 3.05) is 57.9 Å². The van der Waals surface area contributed by atoms with Gasteiger partial charge in [0.05, 0.1) is 6.61 Å². The zero-order valence-corrected chi connectivity index (χ0v) is 18.6. The molecular formula is C20H29F2IN4O. The van der Waals surface area contributed by atoms with Crippen LogP contribution in [0.3, 0.4) is 0 Å². The monoisotopic (exact) mass is 506 g/mol. The van der Waals surface area contributed by atoms with Crippen LogP contribution in [-0.2, 0) is 4.74 Å². The summed E-state index contributed by atoms with van der Waals surface area (Å²) in [7, 11) is 1.83. The quantitative estimate of drug-likeness (QED) is 0.389. The first-order chi connectivity index (χ1) is 13.1. The van der Waals surface area contributed by atoms with Gasteiger partial charge >= 0.3 is 0 Å². The summed E-state index contributed by atoms with van der Waals surface area (Å²) in [4.78, 5) is 8.94. The van der Waals surface area contributed by atoms with Crippen molar-refractivity contribution in [2.45, 2.75) is 19.3 Å². The van der Waals surface area contributed by atoms with E-state index in [2.05, 4.69) is 20.1 Å². The van der Waals surface area contributed by atoms with Crippen LogP contribution in [-0.4, -0.2) is 63.8 Å². The number of rotatable bonds is 3. The molecule has 8 heteroatoms. The Morgan fingerprint density at radius 2 is 2.14 bits per heavy atom. The molecule has 156 valence electrons. The molecule has 1 aromatic carbocycles. The van der Waals surface area contributed by atoms with Crippen molar-refractivity contribution in [1.82, 2.24) is 10.2 Å². The largest absolute Gasteiger partial charge is 0.381 e. The molecule has 1 N–H and O–H groups in total. The standard InChI is InChI=1S/C20H28F2N4O.HI/c1-23-19(26-8-5-20(13-26)6-9-27-14-20)24-11-15-4-7-25(12-15)16-2-3-17(21)18(22)10-16;/h2-3,10,15H,4-9,11-14H2,1H3,(H,23,24);1H. The summed E-state index contributed by atoms with van der Waals surface area (Å²) >= 11 is 0. The van der Waals surface area contributed by atoms with E-state index >= 15 is 0 Å². The number of anilines is 1. The minimum absolute atomic E-state index is 0. The summed E-state index contributed by atoms with van der Waals surface area (Å²) in [5.74, 6) is -0.157. The molecule has 1 aromatic rings. The number of likely N-dealkylation sites (tertiary alicyclic amines) is 1. The molecule has 1 spiro atoms. The third kappa shape index (κ3) is 4.53. The highest BCUT2D eigenvalue weighted by molar-refractivity contribution is 14.0. The second-order valence-corrected chi connectivity index (χ2v) is 8.10. The van der Waals surface area contributed by atoms with Gasteiger partial charge in [-0.15, -0.1) is 24.0 Å². The molecule has 3 fully saturated rings. The molecule has 2 unspecified atom stereocenters. The number of nitrogens with one attached hydrogen (secondary N) is 1.